The Bertz CT molecular complexity index is 533. The zero-order chi connectivity index (χ0) is 14.4. The lowest BCUT2D eigenvalue weighted by atomic mass is 9.85. The molecule has 5 nitrogen and oxygen atoms in total. The van der Waals surface area contributed by atoms with Crippen LogP contribution in [0.4, 0.5) is 0 Å². The number of amides is 2. The molecule has 0 atom stereocenters. The van der Waals surface area contributed by atoms with Crippen molar-refractivity contribution in [3.8, 4) is 0 Å². The van der Waals surface area contributed by atoms with Gasteiger partial charge in [-0.1, -0.05) is 12.8 Å². The summed E-state index contributed by atoms with van der Waals surface area (Å²) < 4.78 is 0. The van der Waals surface area contributed by atoms with E-state index in [1.807, 2.05) is 5.38 Å². The van der Waals surface area contributed by atoms with E-state index in [4.69, 9.17) is 0 Å². The summed E-state index contributed by atoms with van der Waals surface area (Å²) in [5, 5.41) is 5.68. The summed E-state index contributed by atoms with van der Waals surface area (Å²) in [5.41, 5.74) is -1.49. The van der Waals surface area contributed by atoms with Crippen molar-refractivity contribution in [1.82, 2.24) is 15.2 Å². The van der Waals surface area contributed by atoms with E-state index in [2.05, 4.69) is 10.3 Å². The molecule has 1 aliphatic carbocycles. The quantitative estimate of drug-likeness (QED) is 0.902. The molecule has 0 unspecified atom stereocenters. The third-order valence-corrected chi connectivity index (χ3v) is 5.12. The lowest BCUT2D eigenvalue weighted by Gasteiger charge is -2.49. The number of hydrogen-bond donors (Lipinski definition) is 1. The van der Waals surface area contributed by atoms with Crippen molar-refractivity contribution in [3.05, 3.63) is 16.6 Å². The molecule has 1 spiro atoms. The van der Waals surface area contributed by atoms with Crippen molar-refractivity contribution < 1.29 is 9.59 Å². The van der Waals surface area contributed by atoms with Crippen LogP contribution in [0.1, 0.15) is 44.5 Å². The molecule has 1 aliphatic heterocycles. The number of piperazine rings is 1. The standard InChI is InChI=1S/C14H19N3O2S/c1-13(2)12(19)17(9-10-15-7-8-20-10)14(11(18)16-13)5-3-4-6-14/h7-8H,3-6,9H2,1-2H3,(H,16,18). The zero-order valence-corrected chi connectivity index (χ0v) is 12.6. The average molecular weight is 293 g/mol. The van der Waals surface area contributed by atoms with Gasteiger partial charge < -0.3 is 10.2 Å². The highest BCUT2D eigenvalue weighted by Crippen LogP contribution is 2.40. The van der Waals surface area contributed by atoms with E-state index >= 15 is 0 Å². The lowest BCUT2D eigenvalue weighted by molar-refractivity contribution is -0.162. The molecular weight excluding hydrogens is 274 g/mol. The van der Waals surface area contributed by atoms with E-state index in [0.29, 0.717) is 6.54 Å². The minimum absolute atomic E-state index is 0.00356. The summed E-state index contributed by atoms with van der Waals surface area (Å²) in [6.45, 7) is 3.97. The Morgan fingerprint density at radius 3 is 2.65 bits per heavy atom. The predicted molar refractivity (Wildman–Crippen MR) is 76.1 cm³/mol. The molecule has 1 aromatic heterocycles. The second-order valence-electron chi connectivity index (χ2n) is 6.13. The fourth-order valence-electron chi connectivity index (χ4n) is 3.25. The summed E-state index contributed by atoms with van der Waals surface area (Å²) >= 11 is 1.53. The van der Waals surface area contributed by atoms with Gasteiger partial charge in [-0.05, 0) is 26.7 Å². The summed E-state index contributed by atoms with van der Waals surface area (Å²) in [4.78, 5) is 31.4. The normalized spacial score (nSPS) is 24.2. The fourth-order valence-corrected chi connectivity index (χ4v) is 3.86. The largest absolute Gasteiger partial charge is 0.340 e. The summed E-state index contributed by atoms with van der Waals surface area (Å²) in [7, 11) is 0. The second-order valence-corrected chi connectivity index (χ2v) is 7.11. The summed E-state index contributed by atoms with van der Waals surface area (Å²) in [6, 6.07) is 0. The zero-order valence-electron chi connectivity index (χ0n) is 11.8. The van der Waals surface area contributed by atoms with Crippen LogP contribution < -0.4 is 5.32 Å². The maximum absolute atomic E-state index is 12.8. The Labute approximate surface area is 122 Å². The molecule has 1 N–H and O–H groups in total. The molecule has 20 heavy (non-hydrogen) atoms. The SMILES string of the molecule is CC1(C)NC(=O)C2(CCCC2)N(Cc2nccs2)C1=O. The minimum atomic E-state index is -0.831. The number of hydrogen-bond acceptors (Lipinski definition) is 4. The number of nitrogens with zero attached hydrogens (tertiary/aromatic N) is 2. The molecule has 1 saturated heterocycles. The number of thiazole rings is 1. The molecule has 2 heterocycles. The van der Waals surface area contributed by atoms with Crippen molar-refractivity contribution in [2.24, 2.45) is 0 Å². The first-order valence-electron chi connectivity index (χ1n) is 6.99. The van der Waals surface area contributed by atoms with Gasteiger partial charge in [0.1, 0.15) is 16.1 Å². The highest BCUT2D eigenvalue weighted by molar-refractivity contribution is 7.09. The third-order valence-electron chi connectivity index (χ3n) is 4.35. The molecule has 1 saturated carbocycles. The van der Waals surface area contributed by atoms with E-state index in [1.54, 1.807) is 24.9 Å². The van der Waals surface area contributed by atoms with Gasteiger partial charge in [0, 0.05) is 11.6 Å². The molecule has 3 rings (SSSR count). The van der Waals surface area contributed by atoms with Crippen molar-refractivity contribution >= 4 is 23.2 Å². The predicted octanol–water partition coefficient (Wildman–Crippen LogP) is 1.69. The van der Waals surface area contributed by atoms with Crippen molar-refractivity contribution in [2.75, 3.05) is 0 Å². The molecule has 2 fully saturated rings. The number of aromatic nitrogens is 1. The highest BCUT2D eigenvalue weighted by atomic mass is 32.1. The van der Waals surface area contributed by atoms with Crippen LogP contribution in [-0.4, -0.2) is 32.8 Å². The van der Waals surface area contributed by atoms with Gasteiger partial charge >= 0.3 is 0 Å². The van der Waals surface area contributed by atoms with Gasteiger partial charge in [0.05, 0.1) is 6.54 Å². The molecule has 2 amide bonds. The average Bonchev–Trinajstić information content (AvgIpc) is 3.05. The molecule has 1 aromatic rings. The van der Waals surface area contributed by atoms with Crippen LogP contribution in [0.15, 0.2) is 11.6 Å². The smallest absolute Gasteiger partial charge is 0.249 e. The first kappa shape index (κ1) is 13.5. The maximum atomic E-state index is 12.8. The molecule has 2 aliphatic rings. The van der Waals surface area contributed by atoms with Crippen molar-refractivity contribution in [1.29, 1.82) is 0 Å². The number of carbonyl (C=O) groups is 2. The molecule has 0 bridgehead atoms. The van der Waals surface area contributed by atoms with Gasteiger partial charge in [0.25, 0.3) is 0 Å². The second kappa shape index (κ2) is 4.55. The van der Waals surface area contributed by atoms with E-state index in [9.17, 15) is 9.59 Å². The highest BCUT2D eigenvalue weighted by Gasteiger charge is 2.56. The molecule has 108 valence electrons. The van der Waals surface area contributed by atoms with Crippen molar-refractivity contribution in [2.45, 2.75) is 57.2 Å². The Kier molecular flexibility index (Phi) is 3.08. The first-order chi connectivity index (χ1) is 9.46. The van der Waals surface area contributed by atoms with E-state index in [-0.39, 0.29) is 11.8 Å². The Balaban J connectivity index is 1.98. The summed E-state index contributed by atoms with van der Waals surface area (Å²) in [5.74, 6) is -0.00893. The van der Waals surface area contributed by atoms with E-state index < -0.39 is 11.1 Å². The molecule has 0 radical (unpaired) electrons. The minimum Gasteiger partial charge on any atom is -0.340 e. The molecule has 6 heteroatoms. The van der Waals surface area contributed by atoms with Gasteiger partial charge in [-0.2, -0.15) is 0 Å². The van der Waals surface area contributed by atoms with Gasteiger partial charge in [-0.15, -0.1) is 11.3 Å². The van der Waals surface area contributed by atoms with E-state index in [0.717, 1.165) is 30.7 Å². The summed E-state index contributed by atoms with van der Waals surface area (Å²) in [6.07, 6.45) is 5.24. The van der Waals surface area contributed by atoms with Crippen LogP contribution in [-0.2, 0) is 16.1 Å². The van der Waals surface area contributed by atoms with Gasteiger partial charge in [-0.25, -0.2) is 4.98 Å². The molecular formula is C14H19N3O2S. The van der Waals surface area contributed by atoms with Crippen molar-refractivity contribution in [3.63, 3.8) is 0 Å². The fraction of sp³-hybridized carbons (Fsp3) is 0.643. The van der Waals surface area contributed by atoms with Crippen LogP contribution in [0.2, 0.25) is 0 Å². The van der Waals surface area contributed by atoms with Gasteiger partial charge in [0.15, 0.2) is 0 Å². The molecule has 0 aromatic carbocycles. The van der Waals surface area contributed by atoms with Crippen LogP contribution in [0.5, 0.6) is 0 Å². The first-order valence-corrected chi connectivity index (χ1v) is 7.87. The number of rotatable bonds is 2. The Morgan fingerprint density at radius 1 is 1.35 bits per heavy atom. The maximum Gasteiger partial charge on any atom is 0.249 e. The third kappa shape index (κ3) is 1.93. The van der Waals surface area contributed by atoms with Crippen LogP contribution in [0.25, 0.3) is 0 Å². The Hall–Kier alpha value is -1.43. The lowest BCUT2D eigenvalue weighted by Crippen LogP contribution is -2.73. The number of nitrogens with one attached hydrogen (secondary N) is 1. The van der Waals surface area contributed by atoms with Gasteiger partial charge in [0.2, 0.25) is 11.8 Å². The monoisotopic (exact) mass is 293 g/mol. The van der Waals surface area contributed by atoms with Gasteiger partial charge in [-0.3, -0.25) is 9.59 Å². The topological polar surface area (TPSA) is 62.3 Å². The van der Waals surface area contributed by atoms with E-state index in [1.165, 1.54) is 11.3 Å². The number of carbonyl (C=O) groups excluding carboxylic acids is 2. The Morgan fingerprint density at radius 2 is 2.05 bits per heavy atom. The van der Waals surface area contributed by atoms with Crippen LogP contribution >= 0.6 is 11.3 Å². The van der Waals surface area contributed by atoms with Crippen LogP contribution in [0.3, 0.4) is 0 Å². The van der Waals surface area contributed by atoms with Crippen LogP contribution in [0, 0.1) is 0 Å².